The van der Waals surface area contributed by atoms with Gasteiger partial charge in [-0.1, -0.05) is 32.4 Å². The molecule has 0 aliphatic rings. The average Bonchev–Trinajstić information content (AvgIpc) is 3.24. The number of nitrogens with one attached hydrogen (secondary N) is 1. The summed E-state index contributed by atoms with van der Waals surface area (Å²) < 4.78 is 27.1. The number of aryl methyl sites for hydroxylation is 2. The Balaban J connectivity index is 1.71. The van der Waals surface area contributed by atoms with E-state index in [1.807, 2.05) is 25.3 Å². The summed E-state index contributed by atoms with van der Waals surface area (Å²) in [7, 11) is -3.57. The monoisotopic (exact) mass is 471 g/mol. The Kier molecular flexibility index (Phi) is 7.82. The first-order valence-electron chi connectivity index (χ1n) is 10.7. The van der Waals surface area contributed by atoms with E-state index in [-0.39, 0.29) is 10.8 Å². The Hall–Kier alpha value is -2.55. The Morgan fingerprint density at radius 1 is 1.06 bits per heavy atom. The summed E-state index contributed by atoms with van der Waals surface area (Å²) in [5, 5.41) is 5.21. The molecule has 0 aliphatic carbocycles. The summed E-state index contributed by atoms with van der Waals surface area (Å²) in [4.78, 5) is 17.4. The summed E-state index contributed by atoms with van der Waals surface area (Å²) in [5.41, 5.74) is 4.59. The minimum absolute atomic E-state index is 0.193. The molecular weight excluding hydrogens is 442 g/mol. The minimum Gasteiger partial charge on any atom is -0.298 e. The van der Waals surface area contributed by atoms with E-state index in [9.17, 15) is 13.2 Å². The third-order valence-electron chi connectivity index (χ3n) is 5.40. The number of sulfonamides is 1. The van der Waals surface area contributed by atoms with Crippen molar-refractivity contribution in [3.8, 4) is 11.3 Å². The lowest BCUT2D eigenvalue weighted by molar-refractivity contribution is 0.102. The second-order valence-electron chi connectivity index (χ2n) is 7.67. The van der Waals surface area contributed by atoms with Crippen molar-refractivity contribution in [3.63, 3.8) is 0 Å². The lowest BCUT2D eigenvalue weighted by Gasteiger charge is -2.20. The largest absolute Gasteiger partial charge is 0.298 e. The maximum absolute atomic E-state index is 12.8. The van der Waals surface area contributed by atoms with Crippen LogP contribution in [0.25, 0.3) is 11.3 Å². The molecule has 0 fully saturated rings. The smallest absolute Gasteiger partial charge is 0.257 e. The average molecular weight is 472 g/mol. The van der Waals surface area contributed by atoms with Gasteiger partial charge in [-0.25, -0.2) is 13.4 Å². The number of carbonyl (C=O) groups excluding carboxylic acids is 1. The molecule has 0 saturated heterocycles. The molecule has 8 heteroatoms. The van der Waals surface area contributed by atoms with Gasteiger partial charge < -0.3 is 0 Å². The maximum atomic E-state index is 12.8. The van der Waals surface area contributed by atoms with Gasteiger partial charge in [-0.3, -0.25) is 10.1 Å². The number of nitrogens with zero attached hydrogens (tertiary/aromatic N) is 2. The minimum atomic E-state index is -3.57. The molecule has 6 nitrogen and oxygen atoms in total. The second kappa shape index (κ2) is 10.4. The summed E-state index contributed by atoms with van der Waals surface area (Å²) in [5.74, 6) is -0.326. The Morgan fingerprint density at radius 2 is 1.78 bits per heavy atom. The zero-order valence-electron chi connectivity index (χ0n) is 18.9. The van der Waals surface area contributed by atoms with Crippen molar-refractivity contribution in [2.45, 2.75) is 45.4 Å². The predicted molar refractivity (Wildman–Crippen MR) is 131 cm³/mol. The van der Waals surface area contributed by atoms with E-state index in [4.69, 9.17) is 0 Å². The van der Waals surface area contributed by atoms with Crippen LogP contribution in [0.15, 0.2) is 52.7 Å². The lowest BCUT2D eigenvalue weighted by Crippen LogP contribution is -2.31. The highest BCUT2D eigenvalue weighted by Gasteiger charge is 2.22. The number of aromatic nitrogens is 1. The summed E-state index contributed by atoms with van der Waals surface area (Å²) in [6.45, 7) is 8.88. The Bertz CT molecular complexity index is 1190. The second-order valence-corrected chi connectivity index (χ2v) is 10.5. The van der Waals surface area contributed by atoms with Gasteiger partial charge in [0.05, 0.1) is 10.6 Å². The molecule has 32 heavy (non-hydrogen) atoms. The molecule has 1 N–H and O–H groups in total. The van der Waals surface area contributed by atoms with E-state index in [1.165, 1.54) is 51.0 Å². The van der Waals surface area contributed by atoms with Crippen molar-refractivity contribution >= 4 is 32.4 Å². The van der Waals surface area contributed by atoms with Crippen molar-refractivity contribution in [2.24, 2.45) is 0 Å². The quantitative estimate of drug-likeness (QED) is 0.447. The van der Waals surface area contributed by atoms with Gasteiger partial charge in [-0.15, -0.1) is 11.3 Å². The topological polar surface area (TPSA) is 79.4 Å². The van der Waals surface area contributed by atoms with Crippen LogP contribution in [0.2, 0.25) is 0 Å². The van der Waals surface area contributed by atoms with Gasteiger partial charge in [-0.05, 0) is 61.7 Å². The van der Waals surface area contributed by atoms with Crippen LogP contribution in [0.5, 0.6) is 0 Å². The van der Waals surface area contributed by atoms with E-state index >= 15 is 0 Å². The molecule has 0 unspecified atom stereocenters. The first-order valence-corrected chi connectivity index (χ1v) is 13.0. The number of hydrogen-bond acceptors (Lipinski definition) is 5. The SMILES string of the molecule is CCCCN(CC)S(=O)(=O)c1ccc(C(=O)Nc2nc(-c3ccc(C)c(C)c3)cs2)cc1. The molecule has 0 bridgehead atoms. The van der Waals surface area contributed by atoms with E-state index in [0.29, 0.717) is 23.8 Å². The van der Waals surface area contributed by atoms with Crippen LogP contribution in [0.4, 0.5) is 5.13 Å². The number of benzene rings is 2. The Morgan fingerprint density at radius 3 is 2.41 bits per heavy atom. The molecule has 1 aromatic heterocycles. The molecular formula is C24H29N3O3S2. The standard InChI is InChI=1S/C24H29N3O3S2/c1-5-7-14-27(6-2)32(29,30)21-12-10-19(11-13-21)23(28)26-24-25-22(16-31-24)20-9-8-17(3)18(4)15-20/h8-13,15-16H,5-7,14H2,1-4H3,(H,25,26,28). The highest BCUT2D eigenvalue weighted by molar-refractivity contribution is 7.89. The van der Waals surface area contributed by atoms with Crippen molar-refractivity contribution < 1.29 is 13.2 Å². The van der Waals surface area contributed by atoms with Crippen LogP contribution >= 0.6 is 11.3 Å². The van der Waals surface area contributed by atoms with Gasteiger partial charge >= 0.3 is 0 Å². The van der Waals surface area contributed by atoms with Crippen molar-refractivity contribution in [2.75, 3.05) is 18.4 Å². The molecule has 0 aliphatic heterocycles. The van der Waals surface area contributed by atoms with Gasteiger partial charge in [0.25, 0.3) is 5.91 Å². The van der Waals surface area contributed by atoms with Gasteiger partial charge in [0.2, 0.25) is 10.0 Å². The van der Waals surface area contributed by atoms with E-state index < -0.39 is 10.0 Å². The van der Waals surface area contributed by atoms with Crippen LogP contribution in [0.1, 0.15) is 48.2 Å². The van der Waals surface area contributed by atoms with E-state index in [1.54, 1.807) is 0 Å². The van der Waals surface area contributed by atoms with Crippen LogP contribution in [-0.4, -0.2) is 36.7 Å². The normalized spacial score (nSPS) is 11.7. The third-order valence-corrected chi connectivity index (χ3v) is 8.14. The summed E-state index contributed by atoms with van der Waals surface area (Å²) in [6.07, 6.45) is 1.73. The van der Waals surface area contributed by atoms with Crippen molar-refractivity contribution in [1.82, 2.24) is 9.29 Å². The van der Waals surface area contributed by atoms with Crippen molar-refractivity contribution in [3.05, 3.63) is 64.5 Å². The Labute approximate surface area is 194 Å². The number of rotatable bonds is 9. The fraction of sp³-hybridized carbons (Fsp3) is 0.333. The zero-order valence-corrected chi connectivity index (χ0v) is 20.5. The van der Waals surface area contributed by atoms with Crippen LogP contribution < -0.4 is 5.32 Å². The first-order chi connectivity index (χ1) is 15.3. The van der Waals surface area contributed by atoms with E-state index in [2.05, 4.69) is 36.3 Å². The van der Waals surface area contributed by atoms with Gasteiger partial charge in [0.1, 0.15) is 0 Å². The summed E-state index contributed by atoms with van der Waals surface area (Å²) >= 11 is 1.35. The zero-order chi connectivity index (χ0) is 23.3. The summed E-state index contributed by atoms with van der Waals surface area (Å²) in [6, 6.07) is 12.2. The number of carbonyl (C=O) groups is 1. The maximum Gasteiger partial charge on any atom is 0.257 e. The fourth-order valence-corrected chi connectivity index (χ4v) is 5.45. The highest BCUT2D eigenvalue weighted by atomic mass is 32.2. The number of anilines is 1. The number of hydrogen-bond donors (Lipinski definition) is 1. The van der Waals surface area contributed by atoms with Crippen LogP contribution in [0.3, 0.4) is 0 Å². The molecule has 170 valence electrons. The highest BCUT2D eigenvalue weighted by Crippen LogP contribution is 2.27. The number of thiazole rings is 1. The molecule has 2 aromatic carbocycles. The third kappa shape index (κ3) is 5.43. The van der Waals surface area contributed by atoms with Gasteiger partial charge in [0, 0.05) is 29.6 Å². The van der Waals surface area contributed by atoms with Crippen LogP contribution in [0, 0.1) is 13.8 Å². The molecule has 3 rings (SSSR count). The predicted octanol–water partition coefficient (Wildman–Crippen LogP) is 5.49. The number of unbranched alkanes of at least 4 members (excludes halogenated alkanes) is 1. The van der Waals surface area contributed by atoms with Gasteiger partial charge in [0.15, 0.2) is 5.13 Å². The fourth-order valence-electron chi connectivity index (χ4n) is 3.24. The molecule has 3 aromatic rings. The lowest BCUT2D eigenvalue weighted by atomic mass is 10.1. The molecule has 0 radical (unpaired) electrons. The molecule has 0 spiro atoms. The number of amides is 1. The van der Waals surface area contributed by atoms with Crippen LogP contribution in [-0.2, 0) is 10.0 Å². The molecule has 1 amide bonds. The molecule has 0 atom stereocenters. The molecule has 1 heterocycles. The van der Waals surface area contributed by atoms with E-state index in [0.717, 1.165) is 24.1 Å². The first kappa shape index (κ1) is 24.1. The van der Waals surface area contributed by atoms with Gasteiger partial charge in [-0.2, -0.15) is 4.31 Å². The molecule has 0 saturated carbocycles. The van der Waals surface area contributed by atoms with Crippen molar-refractivity contribution in [1.29, 1.82) is 0 Å².